The molecule has 7 nitrogen and oxygen atoms in total. The number of esters is 1. The molecule has 26 heavy (non-hydrogen) atoms. The first-order chi connectivity index (χ1) is 12.5. The summed E-state index contributed by atoms with van der Waals surface area (Å²) in [5.41, 5.74) is 1.49. The number of anilines is 1. The Morgan fingerprint density at radius 1 is 1.19 bits per heavy atom. The van der Waals surface area contributed by atoms with Crippen LogP contribution in [0.5, 0.6) is 5.75 Å². The molecule has 0 aliphatic carbocycles. The van der Waals surface area contributed by atoms with Gasteiger partial charge in [0.15, 0.2) is 0 Å². The Hall–Kier alpha value is -3.35. The van der Waals surface area contributed by atoms with Gasteiger partial charge in [-0.2, -0.15) is 0 Å². The largest absolute Gasteiger partial charge is 0.497 e. The van der Waals surface area contributed by atoms with Crippen LogP contribution in [0.2, 0.25) is 0 Å². The highest BCUT2D eigenvalue weighted by molar-refractivity contribution is 5.83. The third-order valence-corrected chi connectivity index (χ3v) is 3.54. The Balaban J connectivity index is 2.15. The maximum Gasteiger partial charge on any atom is 0.332 e. The lowest BCUT2D eigenvalue weighted by Gasteiger charge is -2.15. The van der Waals surface area contributed by atoms with Crippen molar-refractivity contribution in [2.75, 3.05) is 19.0 Å². The van der Waals surface area contributed by atoms with Gasteiger partial charge in [0.05, 0.1) is 18.6 Å². The van der Waals surface area contributed by atoms with Crippen LogP contribution in [0.3, 0.4) is 0 Å². The fourth-order valence-corrected chi connectivity index (χ4v) is 2.20. The van der Waals surface area contributed by atoms with E-state index >= 15 is 0 Å². The lowest BCUT2D eigenvalue weighted by molar-refractivity contribution is -0.384. The van der Waals surface area contributed by atoms with Crippen molar-refractivity contribution in [3.8, 4) is 5.75 Å². The number of carbonyl (C=O) groups is 1. The molecule has 136 valence electrons. The van der Waals surface area contributed by atoms with Crippen LogP contribution in [0, 0.1) is 10.1 Å². The van der Waals surface area contributed by atoms with Crippen molar-refractivity contribution in [1.29, 1.82) is 0 Å². The second-order valence-corrected chi connectivity index (χ2v) is 5.31. The fraction of sp³-hybridized carbons (Fsp3) is 0.211. The number of ether oxygens (including phenoxy) is 2. The van der Waals surface area contributed by atoms with E-state index < -0.39 is 16.9 Å². The molecule has 0 bridgehead atoms. The van der Waals surface area contributed by atoms with E-state index in [1.165, 1.54) is 12.1 Å². The summed E-state index contributed by atoms with van der Waals surface area (Å²) in [5.74, 6) is 0.297. The van der Waals surface area contributed by atoms with Gasteiger partial charge in [-0.3, -0.25) is 10.1 Å². The third kappa shape index (κ3) is 5.34. The summed E-state index contributed by atoms with van der Waals surface area (Å²) in [6.07, 6.45) is 3.37. The monoisotopic (exact) mass is 356 g/mol. The molecule has 2 aromatic rings. The Morgan fingerprint density at radius 2 is 1.85 bits per heavy atom. The van der Waals surface area contributed by atoms with E-state index in [1.54, 1.807) is 62.6 Å². The number of nitrogens with zero attached hydrogens (tertiary/aromatic N) is 1. The Kier molecular flexibility index (Phi) is 6.73. The Morgan fingerprint density at radius 3 is 2.38 bits per heavy atom. The number of nitro groups is 1. The van der Waals surface area contributed by atoms with Gasteiger partial charge in [0, 0.05) is 17.8 Å². The molecule has 0 radical (unpaired) electrons. The summed E-state index contributed by atoms with van der Waals surface area (Å²) in [5, 5.41) is 13.8. The highest BCUT2D eigenvalue weighted by Gasteiger charge is 2.16. The summed E-state index contributed by atoms with van der Waals surface area (Å²) in [6, 6.07) is 12.5. The zero-order valence-electron chi connectivity index (χ0n) is 14.5. The number of nitrogens with one attached hydrogen (secondary N) is 1. The average Bonchev–Trinajstić information content (AvgIpc) is 2.66. The second kappa shape index (κ2) is 9.22. The molecular weight excluding hydrogens is 336 g/mol. The smallest absolute Gasteiger partial charge is 0.332 e. The van der Waals surface area contributed by atoms with E-state index in [4.69, 9.17) is 9.47 Å². The van der Waals surface area contributed by atoms with Gasteiger partial charge in [0.1, 0.15) is 11.8 Å². The first-order valence-corrected chi connectivity index (χ1v) is 8.03. The van der Waals surface area contributed by atoms with Crippen molar-refractivity contribution >= 4 is 23.4 Å². The summed E-state index contributed by atoms with van der Waals surface area (Å²) in [4.78, 5) is 22.4. The maximum absolute atomic E-state index is 12.2. The van der Waals surface area contributed by atoms with Crippen LogP contribution < -0.4 is 10.1 Å². The quantitative estimate of drug-likeness (QED) is 0.441. The van der Waals surface area contributed by atoms with E-state index in [-0.39, 0.29) is 12.3 Å². The molecule has 0 aliphatic rings. The van der Waals surface area contributed by atoms with Crippen LogP contribution >= 0.6 is 0 Å². The third-order valence-electron chi connectivity index (χ3n) is 3.54. The van der Waals surface area contributed by atoms with E-state index in [1.807, 2.05) is 0 Å². The Labute approximate surface area is 151 Å². The number of nitro benzene ring substituents is 1. The standard InChI is InChI=1S/C19H20N2O5/c1-3-26-19(22)18(20-15-7-11-17(25-2)12-8-15)13-6-14-4-9-16(10-5-14)21(23)24/h4-13,18,20H,3H2,1-2H3/b13-6+. The maximum atomic E-state index is 12.2. The summed E-state index contributed by atoms with van der Waals surface area (Å²) < 4.78 is 10.2. The minimum absolute atomic E-state index is 0.0143. The molecule has 1 atom stereocenters. The molecule has 0 amide bonds. The van der Waals surface area contributed by atoms with Crippen molar-refractivity contribution in [2.24, 2.45) is 0 Å². The molecule has 0 aromatic heterocycles. The average molecular weight is 356 g/mol. The van der Waals surface area contributed by atoms with Gasteiger partial charge < -0.3 is 14.8 Å². The number of benzene rings is 2. The van der Waals surface area contributed by atoms with Crippen molar-refractivity contribution in [3.05, 3.63) is 70.3 Å². The molecule has 2 rings (SSSR count). The van der Waals surface area contributed by atoms with Crippen LogP contribution in [-0.2, 0) is 9.53 Å². The predicted octanol–water partition coefficient (Wildman–Crippen LogP) is 3.66. The number of carbonyl (C=O) groups excluding carboxylic acids is 1. The number of hydrogen-bond donors (Lipinski definition) is 1. The predicted molar refractivity (Wildman–Crippen MR) is 99.2 cm³/mol. The van der Waals surface area contributed by atoms with Crippen molar-refractivity contribution < 1.29 is 19.2 Å². The van der Waals surface area contributed by atoms with Crippen LogP contribution in [0.1, 0.15) is 12.5 Å². The molecule has 0 spiro atoms. The second-order valence-electron chi connectivity index (χ2n) is 5.31. The highest BCUT2D eigenvalue weighted by atomic mass is 16.6. The molecule has 0 aliphatic heterocycles. The topological polar surface area (TPSA) is 90.7 Å². The normalized spacial score (nSPS) is 11.8. The number of methoxy groups -OCH3 is 1. The van der Waals surface area contributed by atoms with Gasteiger partial charge in [0.25, 0.3) is 5.69 Å². The first-order valence-electron chi connectivity index (χ1n) is 8.03. The zero-order chi connectivity index (χ0) is 18.9. The molecule has 1 unspecified atom stereocenters. The van der Waals surface area contributed by atoms with Gasteiger partial charge in [-0.05, 0) is 48.9 Å². The molecular formula is C19H20N2O5. The first kappa shape index (κ1) is 19.0. The van der Waals surface area contributed by atoms with Gasteiger partial charge >= 0.3 is 5.97 Å². The molecule has 0 saturated carbocycles. The Bertz CT molecular complexity index is 770. The summed E-state index contributed by atoms with van der Waals surface area (Å²) in [6.45, 7) is 2.01. The molecule has 0 saturated heterocycles. The molecule has 7 heteroatoms. The summed E-state index contributed by atoms with van der Waals surface area (Å²) >= 11 is 0. The van der Waals surface area contributed by atoms with Gasteiger partial charge in [-0.15, -0.1) is 0 Å². The SMILES string of the molecule is CCOC(=O)C(/C=C/c1ccc([N+](=O)[O-])cc1)Nc1ccc(OC)cc1. The molecule has 2 aromatic carbocycles. The van der Waals surface area contributed by atoms with Gasteiger partial charge in [-0.25, -0.2) is 4.79 Å². The molecule has 0 fully saturated rings. The minimum atomic E-state index is -0.696. The number of rotatable bonds is 8. The van der Waals surface area contributed by atoms with E-state index in [2.05, 4.69) is 5.32 Å². The van der Waals surface area contributed by atoms with Gasteiger partial charge in [-0.1, -0.05) is 12.2 Å². The molecule has 0 heterocycles. The van der Waals surface area contributed by atoms with E-state index in [0.29, 0.717) is 5.75 Å². The van der Waals surface area contributed by atoms with Gasteiger partial charge in [0.2, 0.25) is 0 Å². The number of hydrogen-bond acceptors (Lipinski definition) is 6. The zero-order valence-corrected chi connectivity index (χ0v) is 14.5. The van der Waals surface area contributed by atoms with Crippen LogP contribution in [0.25, 0.3) is 6.08 Å². The van der Waals surface area contributed by atoms with E-state index in [0.717, 1.165) is 11.3 Å². The van der Waals surface area contributed by atoms with Crippen molar-refractivity contribution in [2.45, 2.75) is 13.0 Å². The minimum Gasteiger partial charge on any atom is -0.497 e. The van der Waals surface area contributed by atoms with Crippen LogP contribution in [0.4, 0.5) is 11.4 Å². The lowest BCUT2D eigenvalue weighted by atomic mass is 10.1. The fourth-order valence-electron chi connectivity index (χ4n) is 2.20. The van der Waals surface area contributed by atoms with Crippen LogP contribution in [-0.4, -0.2) is 30.7 Å². The lowest BCUT2D eigenvalue weighted by Crippen LogP contribution is -2.29. The highest BCUT2D eigenvalue weighted by Crippen LogP contribution is 2.17. The summed E-state index contributed by atoms with van der Waals surface area (Å²) in [7, 11) is 1.58. The van der Waals surface area contributed by atoms with Crippen LogP contribution in [0.15, 0.2) is 54.6 Å². The van der Waals surface area contributed by atoms with Crippen molar-refractivity contribution in [1.82, 2.24) is 0 Å². The van der Waals surface area contributed by atoms with Crippen molar-refractivity contribution in [3.63, 3.8) is 0 Å². The van der Waals surface area contributed by atoms with E-state index in [9.17, 15) is 14.9 Å². The number of non-ortho nitro benzene ring substituents is 1. The molecule has 1 N–H and O–H groups in total.